The quantitative estimate of drug-likeness (QED) is 0.570. The number of anilines is 1. The number of aliphatic hydroxyl groups is 2. The number of carbonyl (C=O) groups excluding carboxylic acids is 1. The molecule has 4 rings (SSSR count). The van der Waals surface area contributed by atoms with Crippen LogP contribution in [-0.2, 0) is 23.7 Å². The Balaban J connectivity index is 1.75. The second kappa shape index (κ2) is 9.15. The molecule has 13 heteroatoms. The monoisotopic (exact) mass is 509 g/mol. The van der Waals surface area contributed by atoms with Crippen LogP contribution in [0.1, 0.15) is 61.6 Å². The molecule has 0 saturated carbocycles. The number of fused-ring (bicyclic) bond motifs is 2. The van der Waals surface area contributed by atoms with E-state index < -0.39 is 54.0 Å². The van der Waals surface area contributed by atoms with Gasteiger partial charge in [-0.15, -0.1) is 0 Å². The highest BCUT2D eigenvalue weighted by Crippen LogP contribution is 2.44. The minimum absolute atomic E-state index is 0.0121. The molecule has 2 saturated heterocycles. The summed E-state index contributed by atoms with van der Waals surface area (Å²) in [6.07, 6.45) is -2.24. The number of imidazole rings is 1. The number of aliphatic hydroxyl groups excluding tert-OH is 2. The molecule has 0 spiro atoms. The minimum Gasteiger partial charge on any atom is -0.443 e. The number of amides is 1. The summed E-state index contributed by atoms with van der Waals surface area (Å²) in [5.74, 6) is -0.870. The van der Waals surface area contributed by atoms with Crippen molar-refractivity contribution in [2.24, 2.45) is 0 Å². The zero-order chi connectivity index (χ0) is 26.6. The van der Waals surface area contributed by atoms with Gasteiger partial charge in [-0.3, -0.25) is 4.57 Å². The molecule has 36 heavy (non-hydrogen) atoms. The Kier molecular flexibility index (Phi) is 6.77. The van der Waals surface area contributed by atoms with E-state index in [4.69, 9.17) is 23.7 Å². The topological polar surface area (TPSA) is 151 Å². The smallest absolute Gasteiger partial charge is 0.420 e. The first-order valence-electron chi connectivity index (χ1n) is 11.8. The lowest BCUT2D eigenvalue weighted by Crippen LogP contribution is -2.48. The van der Waals surface area contributed by atoms with Crippen LogP contribution in [0.2, 0.25) is 0 Å². The molecule has 1 amide bonds. The first-order chi connectivity index (χ1) is 16.6. The summed E-state index contributed by atoms with van der Waals surface area (Å²) in [5.41, 5.74) is -1.12. The third-order valence-electron chi connectivity index (χ3n) is 5.42. The average molecular weight is 510 g/mol. The van der Waals surface area contributed by atoms with Crippen LogP contribution in [0, 0.1) is 0 Å². The van der Waals surface area contributed by atoms with Crippen molar-refractivity contribution in [3.8, 4) is 0 Å². The Morgan fingerprint density at radius 3 is 2.42 bits per heavy atom. The standard InChI is InChI=1S/C23H35N5O8/c1-21(2,3)35-19(30)28(20(31)36-22(4,5)6)17-13-16(24-10-25-17)27(11-26-13)18-15-14(12(9-29)32-18)33-23(7,8)34-15/h10-12,14-15,18-19,29-30H,9H2,1-8H3/t12-,14-,15-,18-,19?/m1/s1. The predicted octanol–water partition coefficient (Wildman–Crippen LogP) is 2.07. The number of carbonyl (C=O) groups is 1. The number of rotatable bonds is 5. The van der Waals surface area contributed by atoms with Crippen molar-refractivity contribution in [3.05, 3.63) is 12.7 Å². The van der Waals surface area contributed by atoms with Crippen LogP contribution in [0.3, 0.4) is 0 Å². The average Bonchev–Trinajstić information content (AvgIpc) is 3.36. The van der Waals surface area contributed by atoms with Gasteiger partial charge in [-0.05, 0) is 55.4 Å². The highest BCUT2D eigenvalue weighted by Gasteiger charge is 2.56. The molecule has 0 radical (unpaired) electrons. The molecule has 2 fully saturated rings. The molecule has 2 aliphatic rings. The van der Waals surface area contributed by atoms with E-state index in [9.17, 15) is 15.0 Å². The van der Waals surface area contributed by atoms with Gasteiger partial charge in [0.1, 0.15) is 30.2 Å². The highest BCUT2D eigenvalue weighted by atomic mass is 16.8. The van der Waals surface area contributed by atoms with Gasteiger partial charge in [0, 0.05) is 0 Å². The van der Waals surface area contributed by atoms with E-state index in [0.29, 0.717) is 5.65 Å². The van der Waals surface area contributed by atoms with Crippen LogP contribution in [0.25, 0.3) is 11.2 Å². The number of ether oxygens (including phenoxy) is 5. The largest absolute Gasteiger partial charge is 0.443 e. The zero-order valence-electron chi connectivity index (χ0n) is 21.8. The molecule has 2 aromatic heterocycles. The zero-order valence-corrected chi connectivity index (χ0v) is 21.8. The molecular weight excluding hydrogens is 474 g/mol. The predicted molar refractivity (Wildman–Crippen MR) is 126 cm³/mol. The third kappa shape index (κ3) is 5.31. The fourth-order valence-corrected chi connectivity index (χ4v) is 4.19. The van der Waals surface area contributed by atoms with Gasteiger partial charge in [0.15, 0.2) is 29.0 Å². The van der Waals surface area contributed by atoms with E-state index in [2.05, 4.69) is 15.0 Å². The van der Waals surface area contributed by atoms with Crippen LogP contribution in [0.5, 0.6) is 0 Å². The van der Waals surface area contributed by atoms with Crippen molar-refractivity contribution >= 4 is 23.1 Å². The molecule has 4 heterocycles. The van der Waals surface area contributed by atoms with E-state index in [0.717, 1.165) is 4.90 Å². The lowest BCUT2D eigenvalue weighted by Gasteiger charge is -2.33. The maximum absolute atomic E-state index is 13.2. The van der Waals surface area contributed by atoms with Crippen molar-refractivity contribution in [1.82, 2.24) is 19.5 Å². The lowest BCUT2D eigenvalue weighted by atomic mass is 10.1. The van der Waals surface area contributed by atoms with Gasteiger partial charge in [0.05, 0.1) is 18.5 Å². The second-order valence-corrected chi connectivity index (χ2v) is 11.2. The molecule has 2 N–H and O–H groups in total. The summed E-state index contributed by atoms with van der Waals surface area (Å²) in [6.45, 7) is 13.7. The van der Waals surface area contributed by atoms with Crippen LogP contribution >= 0.6 is 0 Å². The first-order valence-corrected chi connectivity index (χ1v) is 11.8. The lowest BCUT2D eigenvalue weighted by molar-refractivity contribution is -0.199. The normalized spacial score (nSPS) is 26.7. The fraction of sp³-hybridized carbons (Fsp3) is 0.739. The molecule has 0 bridgehead atoms. The van der Waals surface area contributed by atoms with Crippen LogP contribution < -0.4 is 4.90 Å². The number of hydrogen-bond acceptors (Lipinski definition) is 11. The Morgan fingerprint density at radius 1 is 1.14 bits per heavy atom. The fourth-order valence-electron chi connectivity index (χ4n) is 4.19. The minimum atomic E-state index is -1.72. The molecule has 2 aromatic rings. The molecule has 13 nitrogen and oxygen atoms in total. The van der Waals surface area contributed by atoms with E-state index in [-0.39, 0.29) is 17.9 Å². The summed E-state index contributed by atoms with van der Waals surface area (Å²) in [5, 5.41) is 20.7. The Bertz CT molecular complexity index is 1110. The van der Waals surface area contributed by atoms with Gasteiger partial charge in [-0.2, -0.15) is 0 Å². The first kappa shape index (κ1) is 26.6. The van der Waals surface area contributed by atoms with Crippen molar-refractivity contribution in [1.29, 1.82) is 0 Å². The van der Waals surface area contributed by atoms with E-state index in [1.807, 2.05) is 0 Å². The van der Waals surface area contributed by atoms with Gasteiger partial charge in [0.25, 0.3) is 0 Å². The van der Waals surface area contributed by atoms with Crippen LogP contribution in [0.4, 0.5) is 10.6 Å². The van der Waals surface area contributed by atoms with E-state index in [1.165, 1.54) is 12.7 Å². The maximum atomic E-state index is 13.2. The highest BCUT2D eigenvalue weighted by molar-refractivity contribution is 5.95. The molecule has 0 aromatic carbocycles. The van der Waals surface area contributed by atoms with E-state index in [1.54, 1.807) is 60.0 Å². The summed E-state index contributed by atoms with van der Waals surface area (Å²) in [4.78, 5) is 27.1. The van der Waals surface area contributed by atoms with Gasteiger partial charge in [-0.1, -0.05) is 0 Å². The Labute approximate surface area is 209 Å². The van der Waals surface area contributed by atoms with Gasteiger partial charge in [0.2, 0.25) is 6.41 Å². The summed E-state index contributed by atoms with van der Waals surface area (Å²) in [6, 6.07) is 0. The van der Waals surface area contributed by atoms with Crippen molar-refractivity contribution in [2.75, 3.05) is 11.5 Å². The maximum Gasteiger partial charge on any atom is 0.420 e. The van der Waals surface area contributed by atoms with Crippen molar-refractivity contribution < 1.29 is 38.7 Å². The Hall–Kier alpha value is -2.42. The molecule has 200 valence electrons. The molecule has 0 aliphatic carbocycles. The summed E-state index contributed by atoms with van der Waals surface area (Å²) < 4.78 is 30.8. The molecule has 2 aliphatic heterocycles. The molecule has 5 atom stereocenters. The van der Waals surface area contributed by atoms with Crippen molar-refractivity contribution in [3.63, 3.8) is 0 Å². The van der Waals surface area contributed by atoms with Crippen LogP contribution in [0.15, 0.2) is 12.7 Å². The summed E-state index contributed by atoms with van der Waals surface area (Å²) >= 11 is 0. The number of nitrogens with zero attached hydrogens (tertiary/aromatic N) is 5. The van der Waals surface area contributed by atoms with Gasteiger partial charge in [-0.25, -0.2) is 24.6 Å². The SMILES string of the molecule is CC(C)(C)OC(=O)N(c1ncnc2c1ncn2[C@@H]1O[C@H](CO)[C@H]2OC(C)(C)O[C@H]21)C(O)OC(C)(C)C. The molecule has 1 unspecified atom stereocenters. The summed E-state index contributed by atoms with van der Waals surface area (Å²) in [7, 11) is 0. The Morgan fingerprint density at radius 2 is 1.81 bits per heavy atom. The van der Waals surface area contributed by atoms with Crippen molar-refractivity contribution in [2.45, 2.75) is 103 Å². The third-order valence-corrected chi connectivity index (χ3v) is 5.42. The van der Waals surface area contributed by atoms with Gasteiger partial charge < -0.3 is 33.9 Å². The molecular formula is C23H35N5O8. The number of hydrogen-bond donors (Lipinski definition) is 2. The number of aromatic nitrogens is 4. The second-order valence-electron chi connectivity index (χ2n) is 11.2. The van der Waals surface area contributed by atoms with Gasteiger partial charge >= 0.3 is 6.09 Å². The van der Waals surface area contributed by atoms with Crippen LogP contribution in [-0.4, -0.2) is 84.1 Å². The van der Waals surface area contributed by atoms with E-state index >= 15 is 0 Å².